The highest BCUT2D eigenvalue weighted by Gasteiger charge is 2.06. The molecule has 0 unspecified atom stereocenters. The maximum Gasteiger partial charge on any atom is 0.305 e. The first-order valence-corrected chi connectivity index (χ1v) is 6.80. The van der Waals surface area contributed by atoms with Gasteiger partial charge in [0.1, 0.15) is 0 Å². The third-order valence-electron chi connectivity index (χ3n) is 2.84. The molecule has 18 heavy (non-hydrogen) atoms. The Bertz CT molecular complexity index is 596. The van der Waals surface area contributed by atoms with Crippen LogP contribution in [0.1, 0.15) is 17.7 Å². The van der Waals surface area contributed by atoms with Crippen molar-refractivity contribution < 1.29 is 9.53 Å². The molecule has 0 aliphatic heterocycles. The number of nitrogens with zero attached hydrogens (tertiary/aromatic N) is 1. The molecule has 1 aromatic carbocycles. The lowest BCUT2D eigenvalue weighted by Gasteiger charge is -2.06. The van der Waals surface area contributed by atoms with Crippen LogP contribution in [0, 0.1) is 10.5 Å². The molecule has 3 nitrogen and oxygen atoms in total. The van der Waals surface area contributed by atoms with Gasteiger partial charge in [0.15, 0.2) is 0 Å². The summed E-state index contributed by atoms with van der Waals surface area (Å²) in [6.45, 7) is 2.07. The molecule has 0 bridgehead atoms. The van der Waals surface area contributed by atoms with Crippen LogP contribution in [-0.2, 0) is 16.0 Å². The Kier molecular flexibility index (Phi) is 4.16. The van der Waals surface area contributed by atoms with Crippen LogP contribution in [0.5, 0.6) is 0 Å². The fourth-order valence-electron chi connectivity index (χ4n) is 1.90. The second-order valence-corrected chi connectivity index (χ2v) is 5.41. The summed E-state index contributed by atoms with van der Waals surface area (Å²) in [6.07, 6.45) is 0.994. The van der Waals surface area contributed by atoms with Gasteiger partial charge >= 0.3 is 5.97 Å². The largest absolute Gasteiger partial charge is 0.469 e. The Labute approximate surface area is 120 Å². The van der Waals surface area contributed by atoms with E-state index in [-0.39, 0.29) is 5.97 Å². The van der Waals surface area contributed by atoms with Gasteiger partial charge in [-0.15, -0.1) is 0 Å². The van der Waals surface area contributed by atoms with Crippen LogP contribution in [0.15, 0.2) is 24.3 Å². The summed E-state index contributed by atoms with van der Waals surface area (Å²) in [5, 5.41) is 1.17. The minimum atomic E-state index is -0.197. The monoisotopic (exact) mass is 355 g/mol. The van der Waals surface area contributed by atoms with Gasteiger partial charge in [0, 0.05) is 21.1 Å². The fraction of sp³-hybridized carbons (Fsp3) is 0.286. The second kappa shape index (κ2) is 5.65. The lowest BCUT2D eigenvalue weighted by Crippen LogP contribution is -2.03. The van der Waals surface area contributed by atoms with E-state index in [9.17, 15) is 4.79 Å². The lowest BCUT2D eigenvalue weighted by molar-refractivity contribution is -0.140. The first kappa shape index (κ1) is 13.3. The van der Waals surface area contributed by atoms with Crippen LogP contribution in [0.3, 0.4) is 0 Å². The SMILES string of the molecule is COC(=O)CCc1cc(C)c2cc(I)ccc2n1. The molecule has 0 saturated heterocycles. The Morgan fingerprint density at radius 2 is 2.17 bits per heavy atom. The fourth-order valence-corrected chi connectivity index (χ4v) is 2.39. The number of ether oxygens (including phenoxy) is 1. The van der Waals surface area contributed by atoms with Gasteiger partial charge in [-0.25, -0.2) is 0 Å². The molecule has 0 saturated carbocycles. The first-order chi connectivity index (χ1) is 8.60. The van der Waals surface area contributed by atoms with Crippen LogP contribution < -0.4 is 0 Å². The minimum absolute atomic E-state index is 0.197. The number of fused-ring (bicyclic) bond motifs is 1. The Balaban J connectivity index is 2.31. The van der Waals surface area contributed by atoms with Gasteiger partial charge in [-0.2, -0.15) is 0 Å². The summed E-state index contributed by atoms with van der Waals surface area (Å²) in [6, 6.07) is 8.23. The summed E-state index contributed by atoms with van der Waals surface area (Å²) < 4.78 is 5.84. The molecule has 0 aliphatic carbocycles. The first-order valence-electron chi connectivity index (χ1n) is 5.73. The van der Waals surface area contributed by atoms with Gasteiger partial charge in [-0.1, -0.05) is 0 Å². The molecular formula is C14H14INO2. The maximum atomic E-state index is 11.1. The van der Waals surface area contributed by atoms with Crippen molar-refractivity contribution in [3.8, 4) is 0 Å². The molecule has 0 fully saturated rings. The zero-order valence-corrected chi connectivity index (χ0v) is 12.5. The quantitative estimate of drug-likeness (QED) is 0.627. The topological polar surface area (TPSA) is 39.2 Å². The number of methoxy groups -OCH3 is 1. The highest BCUT2D eigenvalue weighted by molar-refractivity contribution is 14.1. The zero-order chi connectivity index (χ0) is 13.1. The molecule has 0 amide bonds. The molecule has 0 spiro atoms. The van der Waals surface area contributed by atoms with Gasteiger partial charge in [0.05, 0.1) is 19.0 Å². The molecule has 0 aliphatic rings. The molecule has 4 heteroatoms. The maximum absolute atomic E-state index is 11.1. The number of halogens is 1. The number of esters is 1. The van der Waals surface area contributed by atoms with E-state index in [2.05, 4.69) is 45.3 Å². The summed E-state index contributed by atoms with van der Waals surface area (Å²) in [5.41, 5.74) is 3.11. The lowest BCUT2D eigenvalue weighted by atomic mass is 10.1. The summed E-state index contributed by atoms with van der Waals surface area (Å²) in [4.78, 5) is 15.7. The minimum Gasteiger partial charge on any atom is -0.469 e. The van der Waals surface area contributed by atoms with Crippen molar-refractivity contribution in [3.05, 3.63) is 39.1 Å². The second-order valence-electron chi connectivity index (χ2n) is 4.17. The molecule has 0 radical (unpaired) electrons. The van der Waals surface area contributed by atoms with Gasteiger partial charge in [-0.3, -0.25) is 9.78 Å². The van der Waals surface area contributed by atoms with Crippen molar-refractivity contribution in [2.75, 3.05) is 7.11 Å². The van der Waals surface area contributed by atoms with Crippen molar-refractivity contribution in [1.82, 2.24) is 4.98 Å². The molecule has 2 rings (SSSR count). The van der Waals surface area contributed by atoms with E-state index in [4.69, 9.17) is 0 Å². The number of rotatable bonds is 3. The van der Waals surface area contributed by atoms with Crippen LogP contribution in [0.2, 0.25) is 0 Å². The van der Waals surface area contributed by atoms with E-state index in [0.29, 0.717) is 12.8 Å². The van der Waals surface area contributed by atoms with Crippen molar-refractivity contribution in [2.45, 2.75) is 19.8 Å². The number of pyridine rings is 1. The molecule has 0 atom stereocenters. The third-order valence-corrected chi connectivity index (χ3v) is 3.51. The van der Waals surface area contributed by atoms with Crippen LogP contribution >= 0.6 is 22.6 Å². The number of carbonyl (C=O) groups is 1. The predicted octanol–water partition coefficient (Wildman–Crippen LogP) is 3.25. The summed E-state index contributed by atoms with van der Waals surface area (Å²) in [5.74, 6) is -0.197. The molecule has 0 N–H and O–H groups in total. The molecule has 94 valence electrons. The normalized spacial score (nSPS) is 10.6. The number of hydrogen-bond donors (Lipinski definition) is 0. The highest BCUT2D eigenvalue weighted by Crippen LogP contribution is 2.21. The number of carbonyl (C=O) groups excluding carboxylic acids is 1. The van der Waals surface area contributed by atoms with Crippen molar-refractivity contribution in [1.29, 1.82) is 0 Å². The van der Waals surface area contributed by atoms with E-state index in [1.54, 1.807) is 0 Å². The summed E-state index contributed by atoms with van der Waals surface area (Å²) in [7, 11) is 1.41. The van der Waals surface area contributed by atoms with E-state index < -0.39 is 0 Å². The molecule has 1 aromatic heterocycles. The van der Waals surface area contributed by atoms with E-state index in [1.807, 2.05) is 18.2 Å². The van der Waals surface area contributed by atoms with Gasteiger partial charge in [0.25, 0.3) is 0 Å². The van der Waals surface area contributed by atoms with Crippen molar-refractivity contribution >= 4 is 39.5 Å². The van der Waals surface area contributed by atoms with Gasteiger partial charge < -0.3 is 4.74 Å². The third kappa shape index (κ3) is 2.98. The molecule has 2 aromatic rings. The van der Waals surface area contributed by atoms with Gasteiger partial charge in [0.2, 0.25) is 0 Å². The molecular weight excluding hydrogens is 341 g/mol. The van der Waals surface area contributed by atoms with Crippen LogP contribution in [-0.4, -0.2) is 18.1 Å². The van der Waals surface area contributed by atoms with Crippen molar-refractivity contribution in [3.63, 3.8) is 0 Å². The highest BCUT2D eigenvalue weighted by atomic mass is 127. The van der Waals surface area contributed by atoms with E-state index >= 15 is 0 Å². The number of aromatic nitrogens is 1. The number of aryl methyl sites for hydroxylation is 2. The average molecular weight is 355 g/mol. The Hall–Kier alpha value is -1.17. The summed E-state index contributed by atoms with van der Waals surface area (Å²) >= 11 is 2.29. The zero-order valence-electron chi connectivity index (χ0n) is 10.4. The Morgan fingerprint density at radius 1 is 1.39 bits per heavy atom. The smallest absolute Gasteiger partial charge is 0.305 e. The predicted molar refractivity (Wildman–Crippen MR) is 79.5 cm³/mol. The standard InChI is InChI=1S/C14H14INO2/c1-9-7-11(4-6-14(17)18-2)16-13-5-3-10(15)8-12(9)13/h3,5,7-8H,4,6H2,1-2H3. The van der Waals surface area contributed by atoms with Crippen molar-refractivity contribution in [2.24, 2.45) is 0 Å². The number of hydrogen-bond acceptors (Lipinski definition) is 3. The van der Waals surface area contributed by atoms with Gasteiger partial charge in [-0.05, 0) is 59.3 Å². The Morgan fingerprint density at radius 3 is 2.89 bits per heavy atom. The van der Waals surface area contributed by atoms with Crippen LogP contribution in [0.4, 0.5) is 0 Å². The van der Waals surface area contributed by atoms with E-state index in [1.165, 1.54) is 21.6 Å². The van der Waals surface area contributed by atoms with Crippen LogP contribution in [0.25, 0.3) is 10.9 Å². The number of benzene rings is 1. The van der Waals surface area contributed by atoms with E-state index in [0.717, 1.165) is 11.2 Å². The molecule has 1 heterocycles. The average Bonchev–Trinajstić information content (AvgIpc) is 2.37.